The predicted molar refractivity (Wildman–Crippen MR) is 76.2 cm³/mol. The smallest absolute Gasteiger partial charge is 0.311 e. The molecule has 0 aromatic carbocycles. The Hall–Kier alpha value is -0.320. The maximum absolute atomic E-state index is 11.6. The van der Waals surface area contributed by atoms with Crippen molar-refractivity contribution in [3.05, 3.63) is 0 Å². The van der Waals surface area contributed by atoms with Gasteiger partial charge in [-0.2, -0.15) is 0 Å². The van der Waals surface area contributed by atoms with Crippen LogP contribution in [0.3, 0.4) is 0 Å². The predicted octanol–water partition coefficient (Wildman–Crippen LogP) is 1.68. The summed E-state index contributed by atoms with van der Waals surface area (Å²) in [5.74, 6) is -0.109. The molecule has 4 nitrogen and oxygen atoms in total. The number of likely N-dealkylation sites (tertiary alicyclic amines) is 1. The van der Waals surface area contributed by atoms with Crippen molar-refractivity contribution in [3.63, 3.8) is 0 Å². The standard InChI is InChI=1S/C13H26N2O2.ClH/c1-13(2,12(16)17-4)7-10-15-8-5-11(14-3)6-9-15;/h11,14H,5-10H2,1-4H3;1H. The van der Waals surface area contributed by atoms with Gasteiger partial charge in [0, 0.05) is 6.04 Å². The van der Waals surface area contributed by atoms with Crippen molar-refractivity contribution in [3.8, 4) is 0 Å². The Morgan fingerprint density at radius 3 is 2.39 bits per heavy atom. The molecule has 0 radical (unpaired) electrons. The molecule has 1 N–H and O–H groups in total. The van der Waals surface area contributed by atoms with Crippen LogP contribution in [0.25, 0.3) is 0 Å². The zero-order chi connectivity index (χ0) is 12.9. The number of rotatable bonds is 5. The largest absolute Gasteiger partial charge is 0.469 e. The Labute approximate surface area is 117 Å². The van der Waals surface area contributed by atoms with E-state index in [9.17, 15) is 4.79 Å². The van der Waals surface area contributed by atoms with E-state index in [1.54, 1.807) is 0 Å². The second-order valence-corrected chi connectivity index (χ2v) is 5.53. The minimum atomic E-state index is -0.366. The van der Waals surface area contributed by atoms with Crippen molar-refractivity contribution in [2.75, 3.05) is 33.8 Å². The van der Waals surface area contributed by atoms with E-state index >= 15 is 0 Å². The van der Waals surface area contributed by atoms with Crippen LogP contribution in [0.5, 0.6) is 0 Å². The quantitative estimate of drug-likeness (QED) is 0.777. The first-order valence-corrected chi connectivity index (χ1v) is 6.47. The summed E-state index contributed by atoms with van der Waals surface area (Å²) >= 11 is 0. The fourth-order valence-electron chi connectivity index (χ4n) is 2.26. The number of halogens is 1. The summed E-state index contributed by atoms with van der Waals surface area (Å²) < 4.78 is 4.82. The Kier molecular flexibility index (Phi) is 7.83. The molecule has 18 heavy (non-hydrogen) atoms. The van der Waals surface area contributed by atoms with Crippen molar-refractivity contribution in [2.45, 2.75) is 39.2 Å². The fraction of sp³-hybridized carbons (Fsp3) is 0.923. The lowest BCUT2D eigenvalue weighted by atomic mass is 9.89. The van der Waals surface area contributed by atoms with E-state index in [1.165, 1.54) is 20.0 Å². The van der Waals surface area contributed by atoms with Crippen molar-refractivity contribution >= 4 is 18.4 Å². The van der Waals surface area contributed by atoms with Gasteiger partial charge in [-0.15, -0.1) is 12.4 Å². The third-order valence-electron chi connectivity index (χ3n) is 3.79. The van der Waals surface area contributed by atoms with Gasteiger partial charge in [-0.1, -0.05) is 0 Å². The van der Waals surface area contributed by atoms with Gasteiger partial charge in [0.25, 0.3) is 0 Å². The Morgan fingerprint density at radius 2 is 1.94 bits per heavy atom. The highest BCUT2D eigenvalue weighted by atomic mass is 35.5. The molecule has 0 aromatic heterocycles. The van der Waals surface area contributed by atoms with Gasteiger partial charge in [-0.25, -0.2) is 0 Å². The molecule has 0 saturated carbocycles. The zero-order valence-electron chi connectivity index (χ0n) is 12.0. The highest BCUT2D eigenvalue weighted by molar-refractivity contribution is 5.85. The summed E-state index contributed by atoms with van der Waals surface area (Å²) in [4.78, 5) is 14.0. The van der Waals surface area contributed by atoms with Crippen molar-refractivity contribution < 1.29 is 9.53 Å². The Balaban J connectivity index is 0.00000289. The number of methoxy groups -OCH3 is 1. The number of ether oxygens (including phenoxy) is 1. The molecule has 0 atom stereocenters. The van der Waals surface area contributed by atoms with Gasteiger partial charge in [-0.3, -0.25) is 4.79 Å². The molecule has 1 aliphatic heterocycles. The van der Waals surface area contributed by atoms with Crippen LogP contribution in [0.1, 0.15) is 33.1 Å². The summed E-state index contributed by atoms with van der Waals surface area (Å²) in [6.45, 7) is 7.16. The number of hydrogen-bond acceptors (Lipinski definition) is 4. The monoisotopic (exact) mass is 278 g/mol. The van der Waals surface area contributed by atoms with Crippen molar-refractivity contribution in [2.24, 2.45) is 5.41 Å². The molecule has 1 aliphatic rings. The topological polar surface area (TPSA) is 41.6 Å². The van der Waals surface area contributed by atoms with E-state index in [1.807, 2.05) is 20.9 Å². The highest BCUT2D eigenvalue weighted by Crippen LogP contribution is 2.23. The SMILES string of the molecule is CNC1CCN(CCC(C)(C)C(=O)OC)CC1.Cl. The van der Waals surface area contributed by atoms with Crippen LogP contribution in [0.4, 0.5) is 0 Å². The minimum absolute atomic E-state index is 0. The molecule has 5 heteroatoms. The first kappa shape index (κ1) is 17.7. The molecule has 108 valence electrons. The zero-order valence-corrected chi connectivity index (χ0v) is 12.8. The third-order valence-corrected chi connectivity index (χ3v) is 3.79. The van der Waals surface area contributed by atoms with Gasteiger partial charge < -0.3 is 15.0 Å². The molecular formula is C13H27ClN2O2. The number of piperidine rings is 1. The molecule has 0 bridgehead atoms. The van der Waals surface area contributed by atoms with Gasteiger partial charge >= 0.3 is 5.97 Å². The Morgan fingerprint density at radius 1 is 1.39 bits per heavy atom. The van der Waals surface area contributed by atoms with Crippen LogP contribution in [0.15, 0.2) is 0 Å². The van der Waals surface area contributed by atoms with Crippen LogP contribution in [0.2, 0.25) is 0 Å². The van der Waals surface area contributed by atoms with Crippen LogP contribution in [-0.2, 0) is 9.53 Å². The van der Waals surface area contributed by atoms with Gasteiger partial charge in [0.2, 0.25) is 0 Å². The van der Waals surface area contributed by atoms with Gasteiger partial charge in [0.1, 0.15) is 0 Å². The second kappa shape index (κ2) is 7.97. The molecule has 1 saturated heterocycles. The highest BCUT2D eigenvalue weighted by Gasteiger charge is 2.29. The second-order valence-electron chi connectivity index (χ2n) is 5.53. The molecule has 0 amide bonds. The van der Waals surface area contributed by atoms with E-state index in [0.717, 1.165) is 26.1 Å². The first-order chi connectivity index (χ1) is 7.99. The normalized spacial score (nSPS) is 18.2. The van der Waals surface area contributed by atoms with Crippen molar-refractivity contribution in [1.29, 1.82) is 0 Å². The van der Waals surface area contributed by atoms with Gasteiger partial charge in [0.15, 0.2) is 0 Å². The van der Waals surface area contributed by atoms with Crippen LogP contribution in [0, 0.1) is 5.41 Å². The average molecular weight is 279 g/mol. The summed E-state index contributed by atoms with van der Waals surface area (Å²) in [5.41, 5.74) is -0.366. The summed E-state index contributed by atoms with van der Waals surface area (Å²) in [7, 11) is 3.49. The van der Waals surface area contributed by atoms with E-state index in [-0.39, 0.29) is 23.8 Å². The Bertz CT molecular complexity index is 251. The summed E-state index contributed by atoms with van der Waals surface area (Å²) in [6, 6.07) is 0.667. The molecular weight excluding hydrogens is 252 g/mol. The molecule has 1 heterocycles. The lowest BCUT2D eigenvalue weighted by Crippen LogP contribution is -2.42. The molecule has 0 aromatic rings. The lowest BCUT2D eigenvalue weighted by molar-refractivity contribution is -0.151. The maximum atomic E-state index is 11.6. The third kappa shape index (κ3) is 5.12. The molecule has 0 aliphatic carbocycles. The van der Waals surface area contributed by atoms with Crippen LogP contribution in [-0.4, -0.2) is 50.7 Å². The molecule has 1 fully saturated rings. The number of carbonyl (C=O) groups excluding carboxylic acids is 1. The number of nitrogens with zero attached hydrogens (tertiary/aromatic N) is 1. The van der Waals surface area contributed by atoms with E-state index < -0.39 is 0 Å². The summed E-state index contributed by atoms with van der Waals surface area (Å²) in [5, 5.41) is 3.32. The van der Waals surface area contributed by atoms with Gasteiger partial charge in [-0.05, 0) is 59.8 Å². The minimum Gasteiger partial charge on any atom is -0.469 e. The van der Waals surface area contributed by atoms with Crippen LogP contribution >= 0.6 is 12.4 Å². The molecule has 0 unspecified atom stereocenters. The van der Waals surface area contributed by atoms with Crippen molar-refractivity contribution in [1.82, 2.24) is 10.2 Å². The summed E-state index contributed by atoms with van der Waals surface area (Å²) in [6.07, 6.45) is 3.27. The van der Waals surface area contributed by atoms with Gasteiger partial charge in [0.05, 0.1) is 12.5 Å². The average Bonchev–Trinajstić information content (AvgIpc) is 2.36. The number of nitrogens with one attached hydrogen (secondary N) is 1. The van der Waals surface area contributed by atoms with E-state index in [2.05, 4.69) is 10.2 Å². The number of hydrogen-bond donors (Lipinski definition) is 1. The molecule has 0 spiro atoms. The lowest BCUT2D eigenvalue weighted by Gasteiger charge is -2.33. The maximum Gasteiger partial charge on any atom is 0.311 e. The first-order valence-electron chi connectivity index (χ1n) is 6.47. The van der Waals surface area contributed by atoms with E-state index in [4.69, 9.17) is 4.74 Å². The molecule has 1 rings (SSSR count). The van der Waals surface area contributed by atoms with Crippen LogP contribution < -0.4 is 5.32 Å². The number of esters is 1. The fourth-order valence-corrected chi connectivity index (χ4v) is 2.26. The number of carbonyl (C=O) groups is 1. The van der Waals surface area contributed by atoms with E-state index in [0.29, 0.717) is 6.04 Å².